The molecule has 0 saturated heterocycles. The van der Waals surface area contributed by atoms with E-state index >= 15 is 0 Å². The summed E-state index contributed by atoms with van der Waals surface area (Å²) >= 11 is 0. The van der Waals surface area contributed by atoms with Crippen molar-refractivity contribution in [2.75, 3.05) is 7.05 Å². The van der Waals surface area contributed by atoms with Gasteiger partial charge in [0, 0.05) is 31.4 Å². The Morgan fingerprint density at radius 3 is 2.87 bits per heavy atom. The van der Waals surface area contributed by atoms with Gasteiger partial charge in [0.2, 0.25) is 5.91 Å². The number of hydrogen-bond acceptors (Lipinski definition) is 2. The number of amides is 1. The fourth-order valence-electron chi connectivity index (χ4n) is 3.71. The van der Waals surface area contributed by atoms with E-state index in [1.807, 2.05) is 11.9 Å². The van der Waals surface area contributed by atoms with Crippen molar-refractivity contribution in [1.82, 2.24) is 14.9 Å². The second-order valence-electron chi connectivity index (χ2n) is 6.53. The van der Waals surface area contributed by atoms with Gasteiger partial charge in [-0.3, -0.25) is 4.79 Å². The van der Waals surface area contributed by atoms with Crippen LogP contribution in [0.2, 0.25) is 0 Å². The molecule has 1 saturated carbocycles. The van der Waals surface area contributed by atoms with Crippen molar-refractivity contribution < 1.29 is 4.79 Å². The number of nitrogens with zero attached hydrogens (tertiary/aromatic N) is 2. The summed E-state index contributed by atoms with van der Waals surface area (Å²) in [5.41, 5.74) is 2.40. The summed E-state index contributed by atoms with van der Waals surface area (Å²) in [5, 5.41) is 0. The summed E-state index contributed by atoms with van der Waals surface area (Å²) in [6.45, 7) is 0. The third-order valence-electron chi connectivity index (χ3n) is 5.01. The first-order chi connectivity index (χ1) is 11.2. The number of benzene rings is 1. The molecule has 3 rings (SSSR count). The minimum absolute atomic E-state index is 0.240. The van der Waals surface area contributed by atoms with Crippen LogP contribution in [0, 0.1) is 5.92 Å². The predicted octanol–water partition coefficient (Wildman–Crippen LogP) is 3.21. The Morgan fingerprint density at radius 2 is 2.13 bits per heavy atom. The quantitative estimate of drug-likeness (QED) is 0.890. The van der Waals surface area contributed by atoms with E-state index in [0.29, 0.717) is 18.4 Å². The Balaban J connectivity index is 1.56. The van der Waals surface area contributed by atoms with E-state index in [1.54, 1.807) is 12.5 Å². The zero-order valence-electron chi connectivity index (χ0n) is 13.7. The molecular formula is C19H25N3O. The lowest BCUT2D eigenvalue weighted by atomic mass is 9.93. The molecule has 1 N–H and O–H groups in total. The van der Waals surface area contributed by atoms with Crippen LogP contribution in [-0.4, -0.2) is 33.9 Å². The third kappa shape index (κ3) is 4.01. The number of carbonyl (C=O) groups excluding carboxylic acids is 1. The first-order valence-electron chi connectivity index (χ1n) is 8.51. The number of aromatic amines is 1. The standard InChI is InChI=1S/C19H25N3O/c1-22(19(23)11-10-17-13-20-14-21-17)18-9-5-8-16(18)12-15-6-3-2-4-7-15/h2-4,6-7,13-14,16,18H,5,8-12H2,1H3,(H,20,21)/t16-,18+/m0/s1. The van der Waals surface area contributed by atoms with Crippen LogP contribution >= 0.6 is 0 Å². The summed E-state index contributed by atoms with van der Waals surface area (Å²) in [6, 6.07) is 11.0. The molecule has 0 radical (unpaired) electrons. The number of carbonyl (C=O) groups is 1. The fraction of sp³-hybridized carbons (Fsp3) is 0.474. The van der Waals surface area contributed by atoms with Crippen molar-refractivity contribution in [1.29, 1.82) is 0 Å². The molecular weight excluding hydrogens is 286 g/mol. The van der Waals surface area contributed by atoms with E-state index in [4.69, 9.17) is 0 Å². The van der Waals surface area contributed by atoms with Gasteiger partial charge in [-0.2, -0.15) is 0 Å². The summed E-state index contributed by atoms with van der Waals surface area (Å²) in [4.78, 5) is 21.6. The van der Waals surface area contributed by atoms with Gasteiger partial charge < -0.3 is 9.88 Å². The maximum Gasteiger partial charge on any atom is 0.222 e. The van der Waals surface area contributed by atoms with E-state index in [0.717, 1.165) is 25.0 Å². The Labute approximate surface area is 137 Å². The Hall–Kier alpha value is -2.10. The van der Waals surface area contributed by atoms with Crippen LogP contribution in [0.4, 0.5) is 0 Å². The number of hydrogen-bond donors (Lipinski definition) is 1. The summed E-state index contributed by atoms with van der Waals surface area (Å²) in [7, 11) is 1.98. The molecule has 1 aromatic heterocycles. The number of aryl methyl sites for hydroxylation is 1. The molecule has 1 aliphatic rings. The fourth-order valence-corrected chi connectivity index (χ4v) is 3.71. The van der Waals surface area contributed by atoms with Crippen molar-refractivity contribution in [3.63, 3.8) is 0 Å². The van der Waals surface area contributed by atoms with Crippen LogP contribution in [0.1, 0.15) is 36.9 Å². The molecule has 2 aromatic rings. The van der Waals surface area contributed by atoms with Gasteiger partial charge in [0.1, 0.15) is 0 Å². The number of rotatable bonds is 6. The highest BCUT2D eigenvalue weighted by molar-refractivity contribution is 5.76. The lowest BCUT2D eigenvalue weighted by molar-refractivity contribution is -0.132. The number of imidazole rings is 1. The molecule has 1 amide bonds. The average molecular weight is 311 g/mol. The van der Waals surface area contributed by atoms with Gasteiger partial charge in [0.25, 0.3) is 0 Å². The van der Waals surface area contributed by atoms with E-state index < -0.39 is 0 Å². The normalized spacial score (nSPS) is 20.6. The molecule has 1 aliphatic carbocycles. The van der Waals surface area contributed by atoms with Crippen molar-refractivity contribution in [3.05, 3.63) is 54.1 Å². The van der Waals surface area contributed by atoms with Gasteiger partial charge in [-0.25, -0.2) is 4.98 Å². The van der Waals surface area contributed by atoms with Gasteiger partial charge in [-0.15, -0.1) is 0 Å². The molecule has 0 spiro atoms. The molecule has 4 heteroatoms. The van der Waals surface area contributed by atoms with Crippen LogP contribution < -0.4 is 0 Å². The highest BCUT2D eigenvalue weighted by atomic mass is 16.2. The van der Waals surface area contributed by atoms with Crippen LogP contribution in [0.15, 0.2) is 42.9 Å². The van der Waals surface area contributed by atoms with Crippen molar-refractivity contribution >= 4 is 5.91 Å². The zero-order chi connectivity index (χ0) is 16.1. The highest BCUT2D eigenvalue weighted by Gasteiger charge is 2.32. The van der Waals surface area contributed by atoms with E-state index in [-0.39, 0.29) is 5.91 Å². The van der Waals surface area contributed by atoms with Gasteiger partial charge in [-0.1, -0.05) is 36.8 Å². The van der Waals surface area contributed by atoms with E-state index in [1.165, 1.54) is 18.4 Å². The molecule has 2 atom stereocenters. The molecule has 0 bridgehead atoms. The molecule has 0 unspecified atom stereocenters. The SMILES string of the molecule is CN(C(=O)CCc1cnc[nH]1)[C@@H]1CCC[C@H]1Cc1ccccc1. The molecule has 0 aliphatic heterocycles. The van der Waals surface area contributed by atoms with Gasteiger partial charge in [0.15, 0.2) is 0 Å². The van der Waals surface area contributed by atoms with Crippen LogP contribution in [-0.2, 0) is 17.6 Å². The molecule has 1 fully saturated rings. The van der Waals surface area contributed by atoms with Crippen molar-refractivity contribution in [3.8, 4) is 0 Å². The second-order valence-corrected chi connectivity index (χ2v) is 6.53. The summed E-state index contributed by atoms with van der Waals surface area (Å²) < 4.78 is 0. The Kier molecular flexibility index (Phi) is 5.11. The minimum atomic E-state index is 0.240. The average Bonchev–Trinajstić information content (AvgIpc) is 3.24. The van der Waals surface area contributed by atoms with Crippen molar-refractivity contribution in [2.24, 2.45) is 5.92 Å². The number of nitrogens with one attached hydrogen (secondary N) is 1. The second kappa shape index (κ2) is 7.44. The smallest absolute Gasteiger partial charge is 0.222 e. The van der Waals surface area contributed by atoms with Crippen molar-refractivity contribution in [2.45, 2.75) is 44.6 Å². The Bertz CT molecular complexity index is 609. The first-order valence-corrected chi connectivity index (χ1v) is 8.51. The summed E-state index contributed by atoms with van der Waals surface area (Å²) in [5.74, 6) is 0.822. The topological polar surface area (TPSA) is 49.0 Å². The van der Waals surface area contributed by atoms with E-state index in [9.17, 15) is 4.79 Å². The number of aromatic nitrogens is 2. The molecule has 23 heavy (non-hydrogen) atoms. The van der Waals surface area contributed by atoms with Gasteiger partial charge >= 0.3 is 0 Å². The summed E-state index contributed by atoms with van der Waals surface area (Å²) in [6.07, 6.45) is 9.38. The minimum Gasteiger partial charge on any atom is -0.348 e. The zero-order valence-corrected chi connectivity index (χ0v) is 13.7. The molecule has 4 nitrogen and oxygen atoms in total. The highest BCUT2D eigenvalue weighted by Crippen LogP contribution is 2.32. The maximum absolute atomic E-state index is 12.5. The van der Waals surface area contributed by atoms with Gasteiger partial charge in [0.05, 0.1) is 6.33 Å². The number of H-pyrrole nitrogens is 1. The monoisotopic (exact) mass is 311 g/mol. The van der Waals surface area contributed by atoms with Crippen LogP contribution in [0.5, 0.6) is 0 Å². The lowest BCUT2D eigenvalue weighted by Crippen LogP contribution is -2.40. The largest absolute Gasteiger partial charge is 0.348 e. The lowest BCUT2D eigenvalue weighted by Gasteiger charge is -2.30. The molecule has 1 aromatic carbocycles. The first kappa shape index (κ1) is 15.8. The Morgan fingerprint density at radius 1 is 1.30 bits per heavy atom. The van der Waals surface area contributed by atoms with Crippen LogP contribution in [0.25, 0.3) is 0 Å². The predicted molar refractivity (Wildman–Crippen MR) is 91.0 cm³/mol. The molecule has 122 valence electrons. The van der Waals surface area contributed by atoms with E-state index in [2.05, 4.69) is 40.3 Å². The molecule has 1 heterocycles. The van der Waals surface area contributed by atoms with Gasteiger partial charge in [-0.05, 0) is 37.2 Å². The third-order valence-corrected chi connectivity index (χ3v) is 5.01. The van der Waals surface area contributed by atoms with Crippen LogP contribution in [0.3, 0.4) is 0 Å². The maximum atomic E-state index is 12.5.